The number of hydrogen-bond donors (Lipinski definition) is 1. The van der Waals surface area contributed by atoms with Gasteiger partial charge in [-0.1, -0.05) is 30.3 Å². The molecular formula is C19H24N4O2. The number of ether oxygens (including phenoxy) is 1. The minimum atomic E-state index is -0.0744. The summed E-state index contributed by atoms with van der Waals surface area (Å²) in [7, 11) is 1.57. The Kier molecular flexibility index (Phi) is 5.85. The Morgan fingerprint density at radius 1 is 1.12 bits per heavy atom. The lowest BCUT2D eigenvalue weighted by atomic mass is 10.1. The number of carbonyl (C=O) groups excluding carboxylic acids is 1. The monoisotopic (exact) mass is 340 g/mol. The van der Waals surface area contributed by atoms with Crippen molar-refractivity contribution in [3.05, 3.63) is 54.2 Å². The fourth-order valence-electron chi connectivity index (χ4n) is 2.88. The van der Waals surface area contributed by atoms with Gasteiger partial charge in [0.15, 0.2) is 0 Å². The van der Waals surface area contributed by atoms with Crippen LogP contribution in [-0.4, -0.2) is 60.6 Å². The van der Waals surface area contributed by atoms with E-state index in [0.717, 1.165) is 39.1 Å². The standard InChI is InChI=1S/C19H24N4O2/c1-25-18-8-7-17(15-20-18)21-19(24)23-13-11-22(12-14-23)10-9-16-5-3-2-4-6-16/h2-8,15H,9-14H2,1H3,(H,21,24). The van der Waals surface area contributed by atoms with Crippen molar-refractivity contribution < 1.29 is 9.53 Å². The van der Waals surface area contributed by atoms with Gasteiger partial charge in [0, 0.05) is 38.8 Å². The second-order valence-corrected chi connectivity index (χ2v) is 6.08. The number of carbonyl (C=O) groups is 1. The summed E-state index contributed by atoms with van der Waals surface area (Å²) in [5.41, 5.74) is 2.03. The third-order valence-electron chi connectivity index (χ3n) is 4.42. The van der Waals surface area contributed by atoms with Crippen molar-refractivity contribution in [3.8, 4) is 5.88 Å². The van der Waals surface area contributed by atoms with Gasteiger partial charge in [-0.05, 0) is 18.1 Å². The zero-order valence-corrected chi connectivity index (χ0v) is 14.5. The number of benzene rings is 1. The van der Waals surface area contributed by atoms with E-state index in [-0.39, 0.29) is 6.03 Å². The van der Waals surface area contributed by atoms with E-state index in [2.05, 4.69) is 39.5 Å². The van der Waals surface area contributed by atoms with E-state index in [9.17, 15) is 4.79 Å². The number of nitrogens with one attached hydrogen (secondary N) is 1. The van der Waals surface area contributed by atoms with E-state index >= 15 is 0 Å². The Labute approximate surface area is 148 Å². The molecule has 0 atom stereocenters. The maximum atomic E-state index is 12.3. The Hall–Kier alpha value is -2.60. The molecular weight excluding hydrogens is 316 g/mol. The normalized spacial score (nSPS) is 15.0. The Balaban J connectivity index is 1.42. The SMILES string of the molecule is COc1ccc(NC(=O)N2CCN(CCc3ccccc3)CC2)cn1. The van der Waals surface area contributed by atoms with Gasteiger partial charge >= 0.3 is 6.03 Å². The molecule has 2 heterocycles. The van der Waals surface area contributed by atoms with Crippen LogP contribution in [0.25, 0.3) is 0 Å². The van der Waals surface area contributed by atoms with Crippen LogP contribution in [0.2, 0.25) is 0 Å². The van der Waals surface area contributed by atoms with Crippen LogP contribution in [0, 0.1) is 0 Å². The summed E-state index contributed by atoms with van der Waals surface area (Å²) < 4.78 is 5.02. The number of amides is 2. The highest BCUT2D eigenvalue weighted by molar-refractivity contribution is 5.89. The fraction of sp³-hybridized carbons (Fsp3) is 0.368. The van der Waals surface area contributed by atoms with E-state index in [1.54, 1.807) is 25.4 Å². The highest BCUT2D eigenvalue weighted by Crippen LogP contribution is 2.12. The van der Waals surface area contributed by atoms with Crippen molar-refractivity contribution in [1.29, 1.82) is 0 Å². The van der Waals surface area contributed by atoms with E-state index in [1.165, 1.54) is 5.56 Å². The summed E-state index contributed by atoms with van der Waals surface area (Å²) in [5.74, 6) is 0.532. The van der Waals surface area contributed by atoms with Crippen LogP contribution in [-0.2, 0) is 6.42 Å². The molecule has 2 aromatic rings. The number of methoxy groups -OCH3 is 1. The predicted molar refractivity (Wildman–Crippen MR) is 98.0 cm³/mol. The van der Waals surface area contributed by atoms with Crippen LogP contribution in [0.4, 0.5) is 10.5 Å². The van der Waals surface area contributed by atoms with Crippen molar-refractivity contribution in [2.24, 2.45) is 0 Å². The molecule has 1 aromatic heterocycles. The zero-order valence-electron chi connectivity index (χ0n) is 14.5. The zero-order chi connectivity index (χ0) is 17.5. The fourth-order valence-corrected chi connectivity index (χ4v) is 2.88. The lowest BCUT2D eigenvalue weighted by Gasteiger charge is -2.34. The largest absolute Gasteiger partial charge is 0.481 e. The van der Waals surface area contributed by atoms with E-state index in [4.69, 9.17) is 4.74 Å². The molecule has 0 spiro atoms. The van der Waals surface area contributed by atoms with Gasteiger partial charge in [-0.3, -0.25) is 4.90 Å². The summed E-state index contributed by atoms with van der Waals surface area (Å²) in [4.78, 5) is 20.7. The number of nitrogens with zero attached hydrogens (tertiary/aromatic N) is 3. The molecule has 2 amide bonds. The van der Waals surface area contributed by atoms with E-state index < -0.39 is 0 Å². The molecule has 132 valence electrons. The first kappa shape index (κ1) is 17.2. The second-order valence-electron chi connectivity index (χ2n) is 6.08. The van der Waals surface area contributed by atoms with Gasteiger partial charge in [0.25, 0.3) is 0 Å². The van der Waals surface area contributed by atoms with Gasteiger partial charge in [0.1, 0.15) is 0 Å². The van der Waals surface area contributed by atoms with E-state index in [1.807, 2.05) is 11.0 Å². The number of rotatable bonds is 5. The van der Waals surface area contributed by atoms with Crippen LogP contribution >= 0.6 is 0 Å². The van der Waals surface area contributed by atoms with Crippen molar-refractivity contribution >= 4 is 11.7 Å². The van der Waals surface area contributed by atoms with Crippen LogP contribution < -0.4 is 10.1 Å². The summed E-state index contributed by atoms with van der Waals surface area (Å²) in [6, 6.07) is 14.0. The van der Waals surface area contributed by atoms with Crippen LogP contribution in [0.3, 0.4) is 0 Å². The average Bonchev–Trinajstić information content (AvgIpc) is 2.68. The van der Waals surface area contributed by atoms with E-state index in [0.29, 0.717) is 11.6 Å². The Bertz CT molecular complexity index is 668. The van der Waals surface area contributed by atoms with Gasteiger partial charge < -0.3 is 15.0 Å². The van der Waals surface area contributed by atoms with Crippen molar-refractivity contribution in [1.82, 2.24) is 14.8 Å². The molecule has 0 radical (unpaired) electrons. The summed E-state index contributed by atoms with van der Waals surface area (Å²) in [6.07, 6.45) is 2.65. The highest BCUT2D eigenvalue weighted by atomic mass is 16.5. The molecule has 6 nitrogen and oxygen atoms in total. The molecule has 1 N–H and O–H groups in total. The third-order valence-corrected chi connectivity index (χ3v) is 4.42. The number of hydrogen-bond acceptors (Lipinski definition) is 4. The number of aromatic nitrogens is 1. The molecule has 1 aliphatic rings. The van der Waals surface area contributed by atoms with Gasteiger partial charge in [-0.25, -0.2) is 9.78 Å². The second kappa shape index (κ2) is 8.48. The lowest BCUT2D eigenvalue weighted by Crippen LogP contribution is -2.50. The average molecular weight is 340 g/mol. The molecule has 0 bridgehead atoms. The molecule has 1 fully saturated rings. The van der Waals surface area contributed by atoms with Gasteiger partial charge in [0.2, 0.25) is 5.88 Å². The van der Waals surface area contributed by atoms with Crippen LogP contribution in [0.5, 0.6) is 5.88 Å². The topological polar surface area (TPSA) is 57.7 Å². The first-order valence-electron chi connectivity index (χ1n) is 8.57. The minimum Gasteiger partial charge on any atom is -0.481 e. The van der Waals surface area contributed by atoms with Gasteiger partial charge in [-0.2, -0.15) is 0 Å². The molecule has 0 unspecified atom stereocenters. The number of pyridine rings is 1. The molecule has 6 heteroatoms. The summed E-state index contributed by atoms with van der Waals surface area (Å²) in [6.45, 7) is 4.32. The number of urea groups is 1. The smallest absolute Gasteiger partial charge is 0.321 e. The third kappa shape index (κ3) is 4.93. The molecule has 1 saturated heterocycles. The van der Waals surface area contributed by atoms with Gasteiger partial charge in [-0.15, -0.1) is 0 Å². The molecule has 3 rings (SSSR count). The minimum absolute atomic E-state index is 0.0744. The van der Waals surface area contributed by atoms with Crippen molar-refractivity contribution in [2.75, 3.05) is 45.2 Å². The molecule has 25 heavy (non-hydrogen) atoms. The van der Waals surface area contributed by atoms with Crippen molar-refractivity contribution in [3.63, 3.8) is 0 Å². The Morgan fingerprint density at radius 3 is 2.52 bits per heavy atom. The first-order valence-corrected chi connectivity index (χ1v) is 8.57. The summed E-state index contributed by atoms with van der Waals surface area (Å²) >= 11 is 0. The molecule has 1 aromatic carbocycles. The lowest BCUT2D eigenvalue weighted by molar-refractivity contribution is 0.148. The Morgan fingerprint density at radius 2 is 1.88 bits per heavy atom. The van der Waals surface area contributed by atoms with Crippen LogP contribution in [0.1, 0.15) is 5.56 Å². The molecule has 0 aliphatic carbocycles. The first-order chi connectivity index (χ1) is 12.2. The van der Waals surface area contributed by atoms with Crippen molar-refractivity contribution in [2.45, 2.75) is 6.42 Å². The number of piperazine rings is 1. The number of anilines is 1. The maximum Gasteiger partial charge on any atom is 0.321 e. The summed E-state index contributed by atoms with van der Waals surface area (Å²) in [5, 5.41) is 2.89. The maximum absolute atomic E-state index is 12.3. The quantitative estimate of drug-likeness (QED) is 0.908. The van der Waals surface area contributed by atoms with Crippen LogP contribution in [0.15, 0.2) is 48.7 Å². The van der Waals surface area contributed by atoms with Gasteiger partial charge in [0.05, 0.1) is 19.0 Å². The highest BCUT2D eigenvalue weighted by Gasteiger charge is 2.20. The predicted octanol–water partition coefficient (Wildman–Crippen LogP) is 2.48. The molecule has 1 aliphatic heterocycles. The molecule has 0 saturated carbocycles.